The van der Waals surface area contributed by atoms with Crippen LogP contribution in [-0.2, 0) is 17.1 Å². The molecule has 0 saturated carbocycles. The number of halogens is 2. The predicted molar refractivity (Wildman–Crippen MR) is 72.9 cm³/mol. The van der Waals surface area contributed by atoms with Crippen LogP contribution in [0.25, 0.3) is 0 Å². The molecule has 0 spiro atoms. The summed E-state index contributed by atoms with van der Waals surface area (Å²) in [5, 5.41) is 3.69. The Hall–Kier alpha value is -0.570. The van der Waals surface area contributed by atoms with Crippen LogP contribution in [0.15, 0.2) is 18.2 Å². The lowest BCUT2D eigenvalue weighted by Crippen LogP contribution is -2.35. The number of hydrogen-bond acceptors (Lipinski definition) is 2. The first-order valence-corrected chi connectivity index (χ1v) is 6.56. The molecule has 94 valence electrons. The molecular weight excluding hydrogens is 257 g/mol. The maximum Gasteiger partial charge on any atom is 0.149 e. The van der Waals surface area contributed by atoms with Gasteiger partial charge in [-0.3, -0.25) is 4.79 Å². The molecule has 0 aliphatic rings. The summed E-state index contributed by atoms with van der Waals surface area (Å²) in [6, 6.07) is 5.62. The van der Waals surface area contributed by atoms with Crippen molar-refractivity contribution in [1.29, 1.82) is 0 Å². The van der Waals surface area contributed by atoms with Crippen LogP contribution in [0.2, 0.25) is 5.02 Å². The Balaban J connectivity index is 2.80. The number of benzene rings is 1. The van der Waals surface area contributed by atoms with E-state index in [9.17, 15) is 4.79 Å². The van der Waals surface area contributed by atoms with Gasteiger partial charge in [0.25, 0.3) is 0 Å². The molecule has 0 saturated heterocycles. The van der Waals surface area contributed by atoms with Crippen molar-refractivity contribution >= 4 is 29.0 Å². The van der Waals surface area contributed by atoms with Gasteiger partial charge in [-0.05, 0) is 30.7 Å². The van der Waals surface area contributed by atoms with E-state index in [2.05, 4.69) is 5.32 Å². The second-order valence-electron chi connectivity index (χ2n) is 3.92. The van der Waals surface area contributed by atoms with Crippen LogP contribution >= 0.6 is 23.2 Å². The molecule has 0 aliphatic carbocycles. The number of alkyl halides is 1. The van der Waals surface area contributed by atoms with Gasteiger partial charge in [0.15, 0.2) is 0 Å². The van der Waals surface area contributed by atoms with E-state index in [1.165, 1.54) is 0 Å². The zero-order chi connectivity index (χ0) is 12.8. The summed E-state index contributed by atoms with van der Waals surface area (Å²) in [4.78, 5) is 11.6. The van der Waals surface area contributed by atoms with E-state index in [0.29, 0.717) is 23.7 Å². The molecule has 0 aromatic heterocycles. The minimum atomic E-state index is -0.141. The number of ketones is 1. The average Bonchev–Trinajstić information content (AvgIpc) is 2.35. The van der Waals surface area contributed by atoms with Crippen molar-refractivity contribution in [2.45, 2.75) is 31.7 Å². The molecule has 17 heavy (non-hydrogen) atoms. The summed E-state index contributed by atoms with van der Waals surface area (Å²) in [5.41, 5.74) is 1.96. The predicted octanol–water partition coefficient (Wildman–Crippen LogP) is 3.19. The lowest BCUT2D eigenvalue weighted by Gasteiger charge is -2.14. The Labute approximate surface area is 112 Å². The summed E-state index contributed by atoms with van der Waals surface area (Å²) in [6.45, 7) is 1.87. The highest BCUT2D eigenvalue weighted by molar-refractivity contribution is 6.32. The summed E-state index contributed by atoms with van der Waals surface area (Å²) in [7, 11) is 1.80. The topological polar surface area (TPSA) is 29.1 Å². The number of rotatable bonds is 6. The van der Waals surface area contributed by atoms with E-state index in [-0.39, 0.29) is 11.8 Å². The van der Waals surface area contributed by atoms with Crippen LogP contribution in [0.4, 0.5) is 0 Å². The van der Waals surface area contributed by atoms with E-state index in [1.807, 2.05) is 25.1 Å². The molecule has 2 nitrogen and oxygen atoms in total. The molecular formula is C13H17Cl2NO. The molecule has 4 heteroatoms. The van der Waals surface area contributed by atoms with E-state index >= 15 is 0 Å². The standard InChI is InChI=1S/C13H17Cl2NO/c1-3-13(17)12(16-2)7-9-4-5-10(8-14)11(15)6-9/h4-6,12,16H,3,7-8H2,1-2H3. The van der Waals surface area contributed by atoms with Gasteiger partial charge in [-0.15, -0.1) is 11.6 Å². The van der Waals surface area contributed by atoms with Gasteiger partial charge in [-0.2, -0.15) is 0 Å². The zero-order valence-corrected chi connectivity index (χ0v) is 11.6. The molecule has 0 bridgehead atoms. The van der Waals surface area contributed by atoms with Crippen LogP contribution < -0.4 is 5.32 Å². The highest BCUT2D eigenvalue weighted by Gasteiger charge is 2.15. The highest BCUT2D eigenvalue weighted by Crippen LogP contribution is 2.20. The van der Waals surface area contributed by atoms with Gasteiger partial charge in [0.1, 0.15) is 5.78 Å². The van der Waals surface area contributed by atoms with Gasteiger partial charge in [0, 0.05) is 17.3 Å². The van der Waals surface area contributed by atoms with Gasteiger partial charge in [-0.25, -0.2) is 0 Å². The second kappa shape index (κ2) is 7.00. The Kier molecular flexibility index (Phi) is 5.96. The molecule has 1 unspecified atom stereocenters. The number of Topliss-reactive ketones (excluding diaryl/α,β-unsaturated/α-hetero) is 1. The van der Waals surface area contributed by atoms with Crippen molar-refractivity contribution in [3.8, 4) is 0 Å². The number of carbonyl (C=O) groups is 1. The SMILES string of the molecule is CCC(=O)C(Cc1ccc(CCl)c(Cl)c1)NC. The Morgan fingerprint density at radius 1 is 1.47 bits per heavy atom. The van der Waals surface area contributed by atoms with Crippen molar-refractivity contribution in [2.24, 2.45) is 0 Å². The lowest BCUT2D eigenvalue weighted by atomic mass is 10.0. The Morgan fingerprint density at radius 2 is 2.18 bits per heavy atom. The van der Waals surface area contributed by atoms with Gasteiger partial charge in [0.2, 0.25) is 0 Å². The number of carbonyl (C=O) groups excluding carboxylic acids is 1. The molecule has 0 radical (unpaired) electrons. The Morgan fingerprint density at radius 3 is 2.65 bits per heavy atom. The fraction of sp³-hybridized carbons (Fsp3) is 0.462. The van der Waals surface area contributed by atoms with Crippen molar-refractivity contribution in [1.82, 2.24) is 5.32 Å². The van der Waals surface area contributed by atoms with Crippen LogP contribution in [0, 0.1) is 0 Å². The molecule has 0 heterocycles. The number of nitrogens with one attached hydrogen (secondary N) is 1. The van der Waals surface area contributed by atoms with Crippen LogP contribution in [-0.4, -0.2) is 18.9 Å². The summed E-state index contributed by atoms with van der Waals surface area (Å²) >= 11 is 11.8. The highest BCUT2D eigenvalue weighted by atomic mass is 35.5. The van der Waals surface area contributed by atoms with Gasteiger partial charge in [0.05, 0.1) is 6.04 Å². The third-order valence-electron chi connectivity index (χ3n) is 2.79. The van der Waals surface area contributed by atoms with Crippen LogP contribution in [0.3, 0.4) is 0 Å². The summed E-state index contributed by atoms with van der Waals surface area (Å²) in [6.07, 6.45) is 1.20. The largest absolute Gasteiger partial charge is 0.310 e. The molecule has 0 aliphatic heterocycles. The molecule has 1 rings (SSSR count). The average molecular weight is 274 g/mol. The normalized spacial score (nSPS) is 12.5. The maximum atomic E-state index is 11.6. The summed E-state index contributed by atoms with van der Waals surface area (Å²) < 4.78 is 0. The van der Waals surface area contributed by atoms with Crippen LogP contribution in [0.5, 0.6) is 0 Å². The monoisotopic (exact) mass is 273 g/mol. The van der Waals surface area contributed by atoms with E-state index in [4.69, 9.17) is 23.2 Å². The van der Waals surface area contributed by atoms with Gasteiger partial charge in [-0.1, -0.05) is 30.7 Å². The lowest BCUT2D eigenvalue weighted by molar-refractivity contribution is -0.120. The van der Waals surface area contributed by atoms with E-state index < -0.39 is 0 Å². The number of hydrogen-bond donors (Lipinski definition) is 1. The van der Waals surface area contributed by atoms with Crippen molar-refractivity contribution in [3.63, 3.8) is 0 Å². The molecule has 0 fully saturated rings. The molecule has 0 amide bonds. The first-order chi connectivity index (χ1) is 8.12. The van der Waals surface area contributed by atoms with Crippen molar-refractivity contribution in [2.75, 3.05) is 7.05 Å². The van der Waals surface area contributed by atoms with Crippen molar-refractivity contribution < 1.29 is 4.79 Å². The first-order valence-electron chi connectivity index (χ1n) is 5.65. The third-order valence-corrected chi connectivity index (χ3v) is 3.43. The van der Waals surface area contributed by atoms with Gasteiger partial charge < -0.3 is 5.32 Å². The minimum Gasteiger partial charge on any atom is -0.310 e. The van der Waals surface area contributed by atoms with E-state index in [1.54, 1.807) is 7.05 Å². The maximum absolute atomic E-state index is 11.6. The van der Waals surface area contributed by atoms with Gasteiger partial charge >= 0.3 is 0 Å². The third kappa shape index (κ3) is 3.98. The molecule has 1 aromatic carbocycles. The number of likely N-dealkylation sites (N-methyl/N-ethyl adjacent to an activating group) is 1. The van der Waals surface area contributed by atoms with E-state index in [0.717, 1.165) is 11.1 Å². The summed E-state index contributed by atoms with van der Waals surface area (Å²) in [5.74, 6) is 0.618. The second-order valence-corrected chi connectivity index (χ2v) is 4.60. The Bertz CT molecular complexity index is 393. The fourth-order valence-corrected chi connectivity index (χ4v) is 2.26. The molecule has 1 aromatic rings. The minimum absolute atomic E-state index is 0.141. The molecule has 1 N–H and O–H groups in total. The van der Waals surface area contributed by atoms with Crippen molar-refractivity contribution in [3.05, 3.63) is 34.3 Å². The first kappa shape index (κ1) is 14.5. The fourth-order valence-electron chi connectivity index (χ4n) is 1.69. The zero-order valence-electron chi connectivity index (χ0n) is 10.1. The van der Waals surface area contributed by atoms with Crippen LogP contribution in [0.1, 0.15) is 24.5 Å². The quantitative estimate of drug-likeness (QED) is 0.807. The molecule has 1 atom stereocenters. The smallest absolute Gasteiger partial charge is 0.149 e.